The second-order valence-electron chi connectivity index (χ2n) is 4.60. The Morgan fingerprint density at radius 2 is 1.78 bits per heavy atom. The molecule has 0 aliphatic carbocycles. The van der Waals surface area contributed by atoms with Gasteiger partial charge < -0.3 is 18.9 Å². The maximum atomic E-state index is 12.0. The third-order valence-corrected chi connectivity index (χ3v) is 2.75. The molecular formula is C10H15F3O5. The fourth-order valence-corrected chi connectivity index (χ4v) is 2.14. The zero-order chi connectivity index (χ0) is 13.6. The molecule has 18 heavy (non-hydrogen) atoms. The summed E-state index contributed by atoms with van der Waals surface area (Å²) >= 11 is 0. The number of methoxy groups -OCH3 is 1. The van der Waals surface area contributed by atoms with Crippen molar-refractivity contribution < 1.29 is 36.9 Å². The molecule has 2 heterocycles. The monoisotopic (exact) mass is 272 g/mol. The van der Waals surface area contributed by atoms with E-state index in [1.54, 1.807) is 13.8 Å². The molecule has 2 aliphatic heterocycles. The summed E-state index contributed by atoms with van der Waals surface area (Å²) in [6.45, 7) is 2.71. The first kappa shape index (κ1) is 14.0. The molecule has 8 heteroatoms. The maximum Gasteiger partial charge on any atom is 0.522 e. The first-order valence-corrected chi connectivity index (χ1v) is 5.46. The summed E-state index contributed by atoms with van der Waals surface area (Å²) in [6.07, 6.45) is -7.50. The highest BCUT2D eigenvalue weighted by Gasteiger charge is 2.56. The third-order valence-electron chi connectivity index (χ3n) is 2.75. The Hall–Kier alpha value is -0.410. The van der Waals surface area contributed by atoms with Crippen molar-refractivity contribution in [2.45, 2.75) is 50.6 Å². The number of rotatable bonds is 3. The van der Waals surface area contributed by atoms with Crippen LogP contribution in [0.15, 0.2) is 0 Å². The molecule has 2 saturated heterocycles. The van der Waals surface area contributed by atoms with E-state index in [9.17, 15) is 13.2 Å². The SMILES string of the molecule is CO[C@@H]1O[C@H](COC(F)(F)F)[C@H]2OC(C)(C)O[C@@H]12. The number of halogens is 3. The molecule has 2 rings (SSSR count). The van der Waals surface area contributed by atoms with Crippen LogP contribution < -0.4 is 0 Å². The van der Waals surface area contributed by atoms with Crippen molar-refractivity contribution in [3.8, 4) is 0 Å². The molecule has 2 fully saturated rings. The maximum absolute atomic E-state index is 12.0. The van der Waals surface area contributed by atoms with Gasteiger partial charge in [0.25, 0.3) is 0 Å². The van der Waals surface area contributed by atoms with Crippen molar-refractivity contribution >= 4 is 0 Å². The fraction of sp³-hybridized carbons (Fsp3) is 1.00. The van der Waals surface area contributed by atoms with Gasteiger partial charge in [0, 0.05) is 7.11 Å². The topological polar surface area (TPSA) is 46.2 Å². The molecule has 0 unspecified atom stereocenters. The van der Waals surface area contributed by atoms with Crippen LogP contribution in [0.25, 0.3) is 0 Å². The molecule has 4 atom stereocenters. The van der Waals surface area contributed by atoms with Crippen LogP contribution in [0, 0.1) is 0 Å². The average molecular weight is 272 g/mol. The van der Waals surface area contributed by atoms with E-state index in [1.165, 1.54) is 7.11 Å². The predicted octanol–water partition coefficient (Wildman–Crippen LogP) is 1.41. The van der Waals surface area contributed by atoms with Gasteiger partial charge >= 0.3 is 6.36 Å². The van der Waals surface area contributed by atoms with Crippen LogP contribution in [0.1, 0.15) is 13.8 Å². The van der Waals surface area contributed by atoms with E-state index >= 15 is 0 Å². The van der Waals surface area contributed by atoms with Gasteiger partial charge in [-0.05, 0) is 13.8 Å². The highest BCUT2D eigenvalue weighted by atomic mass is 19.4. The zero-order valence-electron chi connectivity index (χ0n) is 10.2. The van der Waals surface area contributed by atoms with Crippen molar-refractivity contribution in [1.29, 1.82) is 0 Å². The molecule has 2 aliphatic rings. The summed E-state index contributed by atoms with van der Waals surface area (Å²) in [5.41, 5.74) is 0. The number of alkyl halides is 3. The quantitative estimate of drug-likeness (QED) is 0.777. The van der Waals surface area contributed by atoms with Crippen molar-refractivity contribution in [3.63, 3.8) is 0 Å². The van der Waals surface area contributed by atoms with Crippen LogP contribution >= 0.6 is 0 Å². The van der Waals surface area contributed by atoms with Gasteiger partial charge in [0.1, 0.15) is 18.3 Å². The second-order valence-corrected chi connectivity index (χ2v) is 4.60. The normalized spacial score (nSPS) is 39.0. The van der Waals surface area contributed by atoms with Gasteiger partial charge in [-0.3, -0.25) is 4.74 Å². The minimum atomic E-state index is -4.70. The van der Waals surface area contributed by atoms with Crippen LogP contribution in [0.4, 0.5) is 13.2 Å². The minimum absolute atomic E-state index is 0.549. The van der Waals surface area contributed by atoms with E-state index in [1.807, 2.05) is 0 Å². The van der Waals surface area contributed by atoms with Crippen LogP contribution in [0.5, 0.6) is 0 Å². The van der Waals surface area contributed by atoms with Gasteiger partial charge in [0.15, 0.2) is 12.1 Å². The van der Waals surface area contributed by atoms with Gasteiger partial charge in [-0.1, -0.05) is 0 Å². The summed E-state index contributed by atoms with van der Waals surface area (Å²) in [6, 6.07) is 0. The molecule has 0 amide bonds. The van der Waals surface area contributed by atoms with E-state index < -0.39 is 43.4 Å². The molecule has 0 aromatic heterocycles. The first-order valence-electron chi connectivity index (χ1n) is 5.46. The van der Waals surface area contributed by atoms with E-state index in [2.05, 4.69) is 4.74 Å². The number of hydrogen-bond donors (Lipinski definition) is 0. The third kappa shape index (κ3) is 2.94. The summed E-state index contributed by atoms with van der Waals surface area (Å²) in [7, 11) is 1.39. The standard InChI is InChI=1S/C10H15F3O5/c1-9(2)17-6-5(4-15-10(11,12)13)16-8(14-3)7(6)18-9/h5-8H,4H2,1-3H3/t5-,6-,7-,8-/m1/s1. The Balaban J connectivity index is 2.00. The Labute approximate surface area is 102 Å². The molecule has 0 N–H and O–H groups in total. The van der Waals surface area contributed by atoms with E-state index in [-0.39, 0.29) is 0 Å². The van der Waals surface area contributed by atoms with Gasteiger partial charge in [0.05, 0.1) is 6.61 Å². The van der Waals surface area contributed by atoms with Crippen molar-refractivity contribution in [2.24, 2.45) is 0 Å². The van der Waals surface area contributed by atoms with Crippen LogP contribution in [-0.4, -0.2) is 50.5 Å². The Kier molecular flexibility index (Phi) is 3.58. The van der Waals surface area contributed by atoms with Crippen LogP contribution in [0.3, 0.4) is 0 Å². The number of fused-ring (bicyclic) bond motifs is 1. The van der Waals surface area contributed by atoms with Crippen LogP contribution in [0.2, 0.25) is 0 Å². The average Bonchev–Trinajstić information content (AvgIpc) is 2.67. The Morgan fingerprint density at radius 3 is 2.33 bits per heavy atom. The summed E-state index contributed by atoms with van der Waals surface area (Å²) in [4.78, 5) is 0. The van der Waals surface area contributed by atoms with Crippen molar-refractivity contribution in [1.82, 2.24) is 0 Å². The van der Waals surface area contributed by atoms with Crippen molar-refractivity contribution in [3.05, 3.63) is 0 Å². The lowest BCUT2D eigenvalue weighted by Crippen LogP contribution is -2.34. The molecule has 0 bridgehead atoms. The van der Waals surface area contributed by atoms with E-state index in [0.29, 0.717) is 0 Å². The first-order chi connectivity index (χ1) is 8.22. The lowest BCUT2D eigenvalue weighted by atomic mass is 10.1. The minimum Gasteiger partial charge on any atom is -0.353 e. The van der Waals surface area contributed by atoms with Crippen LogP contribution in [-0.2, 0) is 23.7 Å². The molecule has 0 aromatic rings. The molecule has 0 spiro atoms. The highest BCUT2D eigenvalue weighted by molar-refractivity contribution is 4.95. The fourth-order valence-electron chi connectivity index (χ4n) is 2.14. The molecule has 106 valence electrons. The van der Waals surface area contributed by atoms with Gasteiger partial charge in [-0.25, -0.2) is 0 Å². The number of ether oxygens (including phenoxy) is 5. The Morgan fingerprint density at radius 1 is 1.17 bits per heavy atom. The lowest BCUT2D eigenvalue weighted by molar-refractivity contribution is -0.336. The number of hydrogen-bond acceptors (Lipinski definition) is 5. The summed E-state index contributed by atoms with van der Waals surface area (Å²) in [5, 5.41) is 0. The molecular weight excluding hydrogens is 257 g/mol. The zero-order valence-corrected chi connectivity index (χ0v) is 10.2. The van der Waals surface area contributed by atoms with E-state index in [4.69, 9.17) is 18.9 Å². The second kappa shape index (κ2) is 4.61. The molecule has 5 nitrogen and oxygen atoms in total. The predicted molar refractivity (Wildman–Crippen MR) is 51.5 cm³/mol. The van der Waals surface area contributed by atoms with Crippen molar-refractivity contribution in [2.75, 3.05) is 13.7 Å². The molecule has 0 saturated carbocycles. The summed E-state index contributed by atoms with van der Waals surface area (Å²) in [5.74, 6) is -0.869. The highest BCUT2D eigenvalue weighted by Crippen LogP contribution is 2.39. The van der Waals surface area contributed by atoms with Gasteiger partial charge in [0.2, 0.25) is 0 Å². The molecule has 0 aromatic carbocycles. The van der Waals surface area contributed by atoms with E-state index in [0.717, 1.165) is 0 Å². The van der Waals surface area contributed by atoms with Gasteiger partial charge in [-0.2, -0.15) is 0 Å². The molecule has 0 radical (unpaired) electrons. The Bertz CT molecular complexity index is 306. The smallest absolute Gasteiger partial charge is 0.353 e. The largest absolute Gasteiger partial charge is 0.522 e. The lowest BCUT2D eigenvalue weighted by Gasteiger charge is -2.23. The summed E-state index contributed by atoms with van der Waals surface area (Å²) < 4.78 is 61.1. The van der Waals surface area contributed by atoms with Gasteiger partial charge in [-0.15, -0.1) is 13.2 Å².